The summed E-state index contributed by atoms with van der Waals surface area (Å²) < 4.78 is 0. The molecule has 0 fully saturated rings. The summed E-state index contributed by atoms with van der Waals surface area (Å²) in [5, 5.41) is 4.52. The van der Waals surface area contributed by atoms with Crippen LogP contribution in [0.15, 0.2) is 72.8 Å². The van der Waals surface area contributed by atoms with Gasteiger partial charge < -0.3 is 10.2 Å². The molecule has 2 amide bonds. The lowest BCUT2D eigenvalue weighted by Gasteiger charge is -2.34. The first-order chi connectivity index (χ1) is 16.5. The summed E-state index contributed by atoms with van der Waals surface area (Å²) in [6, 6.07) is 21.3. The lowest BCUT2D eigenvalue weighted by molar-refractivity contribution is -0.141. The Labute approximate surface area is 222 Å². The molecule has 3 aromatic rings. The van der Waals surface area contributed by atoms with Crippen molar-refractivity contribution in [3.63, 3.8) is 0 Å². The van der Waals surface area contributed by atoms with Crippen LogP contribution in [0.25, 0.3) is 0 Å². The molecular formula is C28H29Cl3N2O2. The van der Waals surface area contributed by atoms with Crippen LogP contribution >= 0.6 is 34.8 Å². The van der Waals surface area contributed by atoms with Crippen LogP contribution in [0.3, 0.4) is 0 Å². The third-order valence-electron chi connectivity index (χ3n) is 5.37. The summed E-state index contributed by atoms with van der Waals surface area (Å²) in [6.07, 6.45) is 0.397. The Morgan fingerprint density at radius 2 is 1.51 bits per heavy atom. The van der Waals surface area contributed by atoms with Gasteiger partial charge in [0.2, 0.25) is 11.8 Å². The van der Waals surface area contributed by atoms with Gasteiger partial charge in [-0.05, 0) is 61.7 Å². The Balaban J connectivity index is 2.01. The van der Waals surface area contributed by atoms with Crippen LogP contribution in [0.2, 0.25) is 15.1 Å². The Hall–Kier alpha value is -2.53. The van der Waals surface area contributed by atoms with Gasteiger partial charge in [-0.15, -0.1) is 0 Å². The first-order valence-corrected chi connectivity index (χ1v) is 12.5. The standard InChI is InChI=1S/C28H29Cl3N2O2/c1-28(2,3)32-27(35)25(15-19-8-5-4-6-9-19)33(18-20-10-7-11-22(29)14-20)26(34)16-21-12-13-23(30)17-24(21)31/h4-14,17,25H,15-16,18H2,1-3H3,(H,32,35). The highest BCUT2D eigenvalue weighted by atomic mass is 35.5. The number of halogens is 3. The number of hydrogen-bond donors (Lipinski definition) is 1. The molecule has 0 saturated carbocycles. The summed E-state index contributed by atoms with van der Waals surface area (Å²) >= 11 is 18.6. The highest BCUT2D eigenvalue weighted by Gasteiger charge is 2.32. The SMILES string of the molecule is CC(C)(C)NC(=O)C(Cc1ccccc1)N(Cc1cccc(Cl)c1)C(=O)Cc1ccc(Cl)cc1Cl. The van der Waals surface area contributed by atoms with Crippen LogP contribution in [-0.4, -0.2) is 28.3 Å². The van der Waals surface area contributed by atoms with E-state index < -0.39 is 11.6 Å². The number of benzene rings is 3. The highest BCUT2D eigenvalue weighted by Crippen LogP contribution is 2.24. The van der Waals surface area contributed by atoms with Crippen molar-refractivity contribution in [3.8, 4) is 0 Å². The predicted octanol–water partition coefficient (Wildman–Crippen LogP) is 6.74. The molecule has 3 aromatic carbocycles. The molecule has 0 radical (unpaired) electrons. The average Bonchev–Trinajstić information content (AvgIpc) is 2.77. The molecule has 0 bridgehead atoms. The van der Waals surface area contributed by atoms with Gasteiger partial charge >= 0.3 is 0 Å². The maximum absolute atomic E-state index is 13.8. The minimum Gasteiger partial charge on any atom is -0.350 e. The minimum atomic E-state index is -0.741. The van der Waals surface area contributed by atoms with Crippen molar-refractivity contribution < 1.29 is 9.59 Å². The molecule has 4 nitrogen and oxygen atoms in total. The van der Waals surface area contributed by atoms with Gasteiger partial charge in [0, 0.05) is 33.6 Å². The van der Waals surface area contributed by atoms with Crippen molar-refractivity contribution in [3.05, 3.63) is 105 Å². The molecule has 1 unspecified atom stereocenters. The zero-order valence-corrected chi connectivity index (χ0v) is 22.3. The van der Waals surface area contributed by atoms with E-state index >= 15 is 0 Å². The summed E-state index contributed by atoms with van der Waals surface area (Å²) in [5.74, 6) is -0.446. The van der Waals surface area contributed by atoms with Gasteiger partial charge in [-0.1, -0.05) is 83.3 Å². The summed E-state index contributed by atoms with van der Waals surface area (Å²) in [4.78, 5) is 28.9. The number of amides is 2. The van der Waals surface area contributed by atoms with E-state index in [0.717, 1.165) is 11.1 Å². The van der Waals surface area contributed by atoms with Gasteiger partial charge in [-0.3, -0.25) is 9.59 Å². The van der Waals surface area contributed by atoms with E-state index in [-0.39, 0.29) is 24.8 Å². The van der Waals surface area contributed by atoms with Crippen molar-refractivity contribution in [2.24, 2.45) is 0 Å². The number of rotatable bonds is 8. The van der Waals surface area contributed by atoms with E-state index in [2.05, 4.69) is 5.32 Å². The van der Waals surface area contributed by atoms with Crippen LogP contribution in [0.4, 0.5) is 0 Å². The topological polar surface area (TPSA) is 49.4 Å². The molecule has 0 spiro atoms. The molecular weight excluding hydrogens is 503 g/mol. The normalized spacial score (nSPS) is 12.2. The molecule has 0 aliphatic carbocycles. The van der Waals surface area contributed by atoms with E-state index in [1.165, 1.54) is 0 Å². The molecule has 0 saturated heterocycles. The van der Waals surface area contributed by atoms with Gasteiger partial charge in [-0.2, -0.15) is 0 Å². The van der Waals surface area contributed by atoms with Crippen molar-refractivity contribution in [1.82, 2.24) is 10.2 Å². The van der Waals surface area contributed by atoms with Crippen molar-refractivity contribution in [2.45, 2.75) is 51.7 Å². The first kappa shape index (κ1) is 27.1. The number of carbonyl (C=O) groups excluding carboxylic acids is 2. The lowest BCUT2D eigenvalue weighted by atomic mass is 10.00. The molecule has 184 valence electrons. The Morgan fingerprint density at radius 3 is 2.14 bits per heavy atom. The maximum Gasteiger partial charge on any atom is 0.243 e. The summed E-state index contributed by atoms with van der Waals surface area (Å²) in [6.45, 7) is 5.98. The molecule has 0 aliphatic rings. The second-order valence-electron chi connectivity index (χ2n) is 9.51. The number of hydrogen-bond acceptors (Lipinski definition) is 2. The van der Waals surface area contributed by atoms with Crippen LogP contribution in [0, 0.1) is 0 Å². The van der Waals surface area contributed by atoms with E-state index in [4.69, 9.17) is 34.8 Å². The van der Waals surface area contributed by atoms with Crippen molar-refractivity contribution in [2.75, 3.05) is 0 Å². The molecule has 1 atom stereocenters. The fourth-order valence-electron chi connectivity index (χ4n) is 3.77. The fourth-order valence-corrected chi connectivity index (χ4v) is 4.46. The number of carbonyl (C=O) groups is 2. The van der Waals surface area contributed by atoms with E-state index in [1.807, 2.05) is 63.2 Å². The minimum absolute atomic E-state index is 0.0324. The quantitative estimate of drug-likeness (QED) is 0.350. The van der Waals surface area contributed by atoms with E-state index in [0.29, 0.717) is 27.1 Å². The molecule has 0 heterocycles. The Morgan fingerprint density at radius 1 is 0.857 bits per heavy atom. The lowest BCUT2D eigenvalue weighted by Crippen LogP contribution is -2.54. The van der Waals surface area contributed by atoms with Crippen LogP contribution in [0.5, 0.6) is 0 Å². The third-order valence-corrected chi connectivity index (χ3v) is 6.19. The number of nitrogens with zero attached hydrogens (tertiary/aromatic N) is 1. The second kappa shape index (κ2) is 11.9. The van der Waals surface area contributed by atoms with Crippen molar-refractivity contribution in [1.29, 1.82) is 0 Å². The van der Waals surface area contributed by atoms with Crippen LogP contribution in [0.1, 0.15) is 37.5 Å². The van der Waals surface area contributed by atoms with Crippen LogP contribution < -0.4 is 5.32 Å². The Bertz CT molecular complexity index is 1180. The fraction of sp³-hybridized carbons (Fsp3) is 0.286. The summed E-state index contributed by atoms with van der Waals surface area (Å²) in [5.41, 5.74) is 1.97. The van der Waals surface area contributed by atoms with Crippen molar-refractivity contribution >= 4 is 46.6 Å². The van der Waals surface area contributed by atoms with Gasteiger partial charge in [0.15, 0.2) is 0 Å². The largest absolute Gasteiger partial charge is 0.350 e. The Kier molecular flexibility index (Phi) is 9.23. The van der Waals surface area contributed by atoms with Gasteiger partial charge in [0.25, 0.3) is 0 Å². The third kappa shape index (κ3) is 8.28. The first-order valence-electron chi connectivity index (χ1n) is 11.4. The van der Waals surface area contributed by atoms with Gasteiger partial charge in [0.1, 0.15) is 6.04 Å². The predicted molar refractivity (Wildman–Crippen MR) is 144 cm³/mol. The molecule has 0 aliphatic heterocycles. The average molecular weight is 532 g/mol. The van der Waals surface area contributed by atoms with Crippen LogP contribution in [-0.2, 0) is 29.0 Å². The molecule has 1 N–H and O–H groups in total. The maximum atomic E-state index is 13.8. The number of nitrogens with one attached hydrogen (secondary N) is 1. The van der Waals surface area contributed by atoms with Gasteiger partial charge in [0.05, 0.1) is 6.42 Å². The zero-order chi connectivity index (χ0) is 25.6. The van der Waals surface area contributed by atoms with Gasteiger partial charge in [-0.25, -0.2) is 0 Å². The second-order valence-corrected chi connectivity index (χ2v) is 10.8. The zero-order valence-electron chi connectivity index (χ0n) is 20.0. The smallest absolute Gasteiger partial charge is 0.243 e. The van der Waals surface area contributed by atoms with E-state index in [1.54, 1.807) is 35.2 Å². The molecule has 3 rings (SSSR count). The molecule has 35 heavy (non-hydrogen) atoms. The van der Waals surface area contributed by atoms with E-state index in [9.17, 15) is 9.59 Å². The molecule has 7 heteroatoms. The summed E-state index contributed by atoms with van der Waals surface area (Å²) in [7, 11) is 0. The molecule has 0 aromatic heterocycles. The monoisotopic (exact) mass is 530 g/mol. The highest BCUT2D eigenvalue weighted by molar-refractivity contribution is 6.35.